The van der Waals surface area contributed by atoms with Crippen LogP contribution in [0.5, 0.6) is 0 Å². The number of piperidine rings is 1. The summed E-state index contributed by atoms with van der Waals surface area (Å²) in [6, 6.07) is 0.104. The molecule has 1 atom stereocenters. The molecule has 9 heteroatoms. The lowest BCUT2D eigenvalue weighted by Crippen LogP contribution is -2.62. The molecule has 1 saturated heterocycles. The van der Waals surface area contributed by atoms with E-state index in [9.17, 15) is 20.4 Å². The normalized spacial score (nSPS) is 22.4. The van der Waals surface area contributed by atoms with Gasteiger partial charge in [0.15, 0.2) is 0 Å². The highest BCUT2D eigenvalue weighted by atomic mass is 16.6. The molecule has 135 valence electrons. The Bertz CT molecular complexity index is 568. The molecule has 0 bridgehead atoms. The van der Waals surface area contributed by atoms with Crippen LogP contribution in [0.4, 0.5) is 5.95 Å². The monoisotopic (exact) mass is 340 g/mol. The van der Waals surface area contributed by atoms with Gasteiger partial charge in [-0.15, -0.1) is 10.3 Å². The highest BCUT2D eigenvalue weighted by Gasteiger charge is 2.46. The van der Waals surface area contributed by atoms with E-state index in [0.717, 1.165) is 5.06 Å². The lowest BCUT2D eigenvalue weighted by atomic mass is 9.79. The zero-order valence-electron chi connectivity index (χ0n) is 14.6. The predicted octanol–water partition coefficient (Wildman–Crippen LogP) is 1.11. The third-order valence-corrected chi connectivity index (χ3v) is 4.50. The summed E-state index contributed by atoms with van der Waals surface area (Å²) in [7, 11) is 0. The Morgan fingerprint density at radius 3 is 2.54 bits per heavy atom. The number of nitrogens with zero attached hydrogens (tertiary/aromatic N) is 4. The Morgan fingerprint density at radius 1 is 1.42 bits per heavy atom. The van der Waals surface area contributed by atoms with Crippen LogP contribution < -0.4 is 5.32 Å². The van der Waals surface area contributed by atoms with Crippen molar-refractivity contribution < 1.29 is 15.2 Å². The SMILES string of the molecule is CC1(C)CC(NCC(O)Cn2ccnc2[N+](=O)[O-])CC(C)(C)N1[O]. The average molecular weight is 340 g/mol. The number of hydrogen-bond donors (Lipinski definition) is 2. The Labute approximate surface area is 141 Å². The van der Waals surface area contributed by atoms with Crippen LogP contribution in [0.1, 0.15) is 40.5 Å². The van der Waals surface area contributed by atoms with E-state index in [0.29, 0.717) is 19.4 Å². The summed E-state index contributed by atoms with van der Waals surface area (Å²) >= 11 is 0. The van der Waals surface area contributed by atoms with Gasteiger partial charge in [-0.3, -0.25) is 0 Å². The van der Waals surface area contributed by atoms with Gasteiger partial charge in [-0.25, -0.2) is 4.57 Å². The minimum Gasteiger partial charge on any atom is -0.390 e. The van der Waals surface area contributed by atoms with Crippen molar-refractivity contribution in [2.75, 3.05) is 6.54 Å². The Morgan fingerprint density at radius 2 is 2.00 bits per heavy atom. The van der Waals surface area contributed by atoms with Crippen molar-refractivity contribution in [2.45, 2.75) is 70.3 Å². The van der Waals surface area contributed by atoms with Gasteiger partial charge in [-0.2, -0.15) is 0 Å². The molecule has 1 unspecified atom stereocenters. The van der Waals surface area contributed by atoms with Crippen LogP contribution in [0.15, 0.2) is 12.4 Å². The van der Waals surface area contributed by atoms with E-state index in [1.54, 1.807) is 0 Å². The van der Waals surface area contributed by atoms with Crippen molar-refractivity contribution in [3.8, 4) is 0 Å². The van der Waals surface area contributed by atoms with Gasteiger partial charge in [-0.1, -0.05) is 4.98 Å². The highest BCUT2D eigenvalue weighted by Crippen LogP contribution is 2.36. The summed E-state index contributed by atoms with van der Waals surface area (Å²) in [4.78, 5) is 13.9. The predicted molar refractivity (Wildman–Crippen MR) is 86.6 cm³/mol. The van der Waals surface area contributed by atoms with Crippen molar-refractivity contribution in [2.24, 2.45) is 0 Å². The molecular formula is C15H26N5O4. The van der Waals surface area contributed by atoms with Crippen LogP contribution in [0, 0.1) is 10.1 Å². The number of hydrogen-bond acceptors (Lipinski definition) is 6. The molecular weight excluding hydrogens is 314 g/mol. The number of aromatic nitrogens is 2. The minimum absolute atomic E-state index is 0.0937. The molecule has 2 rings (SSSR count). The number of aliphatic hydroxyl groups is 1. The first-order chi connectivity index (χ1) is 11.0. The van der Waals surface area contributed by atoms with E-state index < -0.39 is 22.1 Å². The smallest absolute Gasteiger partial charge is 0.390 e. The van der Waals surface area contributed by atoms with Crippen LogP contribution in [0.3, 0.4) is 0 Å². The Hall–Kier alpha value is -1.55. The first-order valence-electron chi connectivity index (χ1n) is 8.07. The molecule has 0 spiro atoms. The second-order valence-electron chi connectivity index (χ2n) is 7.72. The quantitative estimate of drug-likeness (QED) is 0.592. The molecule has 1 radical (unpaired) electrons. The molecule has 0 saturated carbocycles. The highest BCUT2D eigenvalue weighted by molar-refractivity contribution is 5.06. The third kappa shape index (κ3) is 4.10. The van der Waals surface area contributed by atoms with Crippen molar-refractivity contribution in [1.29, 1.82) is 0 Å². The largest absolute Gasteiger partial charge is 0.434 e. The average Bonchev–Trinajstić information content (AvgIpc) is 2.90. The van der Waals surface area contributed by atoms with E-state index in [2.05, 4.69) is 10.3 Å². The number of aliphatic hydroxyl groups excluding tert-OH is 1. The van der Waals surface area contributed by atoms with Gasteiger partial charge >= 0.3 is 5.95 Å². The molecule has 1 aromatic heterocycles. The van der Waals surface area contributed by atoms with E-state index in [4.69, 9.17) is 0 Å². The maximum absolute atomic E-state index is 12.3. The number of nitrogens with one attached hydrogen (secondary N) is 1. The lowest BCUT2D eigenvalue weighted by Gasteiger charge is -2.50. The van der Waals surface area contributed by atoms with Crippen LogP contribution in [-0.2, 0) is 11.8 Å². The number of nitro groups is 1. The van der Waals surface area contributed by atoms with Crippen LogP contribution >= 0.6 is 0 Å². The fourth-order valence-corrected chi connectivity index (χ4v) is 3.62. The molecule has 9 nitrogen and oxygen atoms in total. The zero-order valence-corrected chi connectivity index (χ0v) is 14.6. The summed E-state index contributed by atoms with van der Waals surface area (Å²) in [6.07, 6.45) is 3.39. The third-order valence-electron chi connectivity index (χ3n) is 4.50. The molecule has 0 aliphatic carbocycles. The molecule has 1 aliphatic rings. The fourth-order valence-electron chi connectivity index (χ4n) is 3.62. The topological polar surface area (TPSA) is 116 Å². The van der Waals surface area contributed by atoms with Crippen molar-refractivity contribution >= 4 is 5.95 Å². The number of hydroxylamine groups is 2. The first kappa shape index (κ1) is 18.8. The molecule has 1 aromatic rings. The summed E-state index contributed by atoms with van der Waals surface area (Å²) in [5.41, 5.74) is -0.957. The van der Waals surface area contributed by atoms with E-state index >= 15 is 0 Å². The minimum atomic E-state index is -0.783. The van der Waals surface area contributed by atoms with Crippen LogP contribution in [0.2, 0.25) is 0 Å². The van der Waals surface area contributed by atoms with Crippen LogP contribution in [0.25, 0.3) is 0 Å². The molecule has 2 heterocycles. The van der Waals surface area contributed by atoms with Gasteiger partial charge in [0.25, 0.3) is 0 Å². The summed E-state index contributed by atoms with van der Waals surface area (Å²) < 4.78 is 1.32. The number of imidazole rings is 1. The van der Waals surface area contributed by atoms with E-state index in [1.165, 1.54) is 17.0 Å². The second-order valence-corrected chi connectivity index (χ2v) is 7.72. The fraction of sp³-hybridized carbons (Fsp3) is 0.800. The number of rotatable bonds is 6. The zero-order chi connectivity index (χ0) is 18.1. The van der Waals surface area contributed by atoms with Gasteiger partial charge in [0, 0.05) is 23.7 Å². The van der Waals surface area contributed by atoms with E-state index in [1.807, 2.05) is 27.7 Å². The first-order valence-corrected chi connectivity index (χ1v) is 8.07. The standard InChI is InChI=1S/C15H26N5O4/c1-14(2)7-11(8-15(3,4)20(14)24)17-9-12(21)10-18-6-5-16-13(18)19(22)23/h5-6,11-12,17,21H,7-10H2,1-4H3. The molecule has 0 aromatic carbocycles. The molecule has 0 amide bonds. The summed E-state index contributed by atoms with van der Waals surface area (Å²) in [5, 5.41) is 37.8. The van der Waals surface area contributed by atoms with Gasteiger partial charge in [0.2, 0.25) is 0 Å². The lowest BCUT2D eigenvalue weighted by molar-refractivity contribution is -0.397. The van der Waals surface area contributed by atoms with Crippen molar-refractivity contribution in [3.63, 3.8) is 0 Å². The molecule has 1 fully saturated rings. The maximum Gasteiger partial charge on any atom is 0.434 e. The molecule has 2 N–H and O–H groups in total. The van der Waals surface area contributed by atoms with Crippen molar-refractivity contribution in [1.82, 2.24) is 19.9 Å². The molecule has 1 aliphatic heterocycles. The summed E-state index contributed by atoms with van der Waals surface area (Å²) in [6.45, 7) is 8.06. The van der Waals surface area contributed by atoms with E-state index in [-0.39, 0.29) is 18.5 Å². The second kappa shape index (κ2) is 6.75. The van der Waals surface area contributed by atoms with Gasteiger partial charge in [0.1, 0.15) is 12.4 Å². The Balaban J connectivity index is 1.91. The summed E-state index contributed by atoms with van der Waals surface area (Å²) in [5.74, 6) is -0.282. The Kier molecular flexibility index (Phi) is 5.28. The van der Waals surface area contributed by atoms with Crippen molar-refractivity contribution in [3.05, 3.63) is 22.5 Å². The molecule has 24 heavy (non-hydrogen) atoms. The van der Waals surface area contributed by atoms with Gasteiger partial charge < -0.3 is 20.5 Å². The van der Waals surface area contributed by atoms with Gasteiger partial charge in [-0.05, 0) is 45.5 Å². The van der Waals surface area contributed by atoms with Gasteiger partial charge in [0.05, 0.1) is 12.6 Å². The maximum atomic E-state index is 12.3. The van der Waals surface area contributed by atoms with Crippen LogP contribution in [-0.4, -0.2) is 54.4 Å².